The van der Waals surface area contributed by atoms with Crippen LogP contribution in [0.5, 0.6) is 0 Å². The summed E-state index contributed by atoms with van der Waals surface area (Å²) >= 11 is 0. The molecule has 0 atom stereocenters. The molecule has 3 aromatic rings. The molecule has 5 rings (SSSR count). The summed E-state index contributed by atoms with van der Waals surface area (Å²) in [5, 5.41) is 15.2. The molecule has 1 spiro atoms. The number of hydrogen-bond donors (Lipinski definition) is 2. The van der Waals surface area contributed by atoms with Gasteiger partial charge in [0, 0.05) is 37.8 Å². The number of nitrogens with zero attached hydrogens (tertiary/aromatic N) is 6. The lowest BCUT2D eigenvalue weighted by atomic mass is 10.1. The number of aromatic amines is 1. The Hall–Kier alpha value is -3.15. The fraction of sp³-hybridized carbons (Fsp3) is 0.545. The molecular weight excluding hydrogens is 449 g/mol. The first-order valence-corrected chi connectivity index (χ1v) is 11.4. The second-order valence-corrected chi connectivity index (χ2v) is 9.64. The van der Waals surface area contributed by atoms with Crippen LogP contribution in [0.4, 0.5) is 23.7 Å². The van der Waals surface area contributed by atoms with E-state index in [9.17, 15) is 18.0 Å². The molecule has 4 heterocycles. The quantitative estimate of drug-likeness (QED) is 0.585. The number of urea groups is 1. The highest BCUT2D eigenvalue weighted by Gasteiger charge is 2.54. The average molecular weight is 477 g/mol. The first-order chi connectivity index (χ1) is 16.1. The van der Waals surface area contributed by atoms with Gasteiger partial charge in [-0.15, -0.1) is 0 Å². The minimum absolute atomic E-state index is 0.186. The molecule has 0 aromatic carbocycles. The first-order valence-electron chi connectivity index (χ1n) is 11.4. The van der Waals surface area contributed by atoms with Crippen molar-refractivity contribution < 1.29 is 18.0 Å². The maximum Gasteiger partial charge on any atom is 0.401 e. The Morgan fingerprint density at radius 1 is 1.24 bits per heavy atom. The number of amides is 2. The number of alkyl halides is 3. The fourth-order valence-corrected chi connectivity index (χ4v) is 4.70. The molecule has 2 amide bonds. The van der Waals surface area contributed by atoms with Gasteiger partial charge in [0.25, 0.3) is 0 Å². The molecule has 34 heavy (non-hydrogen) atoms. The van der Waals surface area contributed by atoms with Crippen molar-refractivity contribution in [2.45, 2.75) is 44.9 Å². The number of aromatic nitrogens is 5. The van der Waals surface area contributed by atoms with Crippen LogP contribution in [0.25, 0.3) is 22.3 Å². The van der Waals surface area contributed by atoms with E-state index in [1.807, 2.05) is 10.7 Å². The van der Waals surface area contributed by atoms with E-state index < -0.39 is 18.3 Å². The summed E-state index contributed by atoms with van der Waals surface area (Å²) in [4.78, 5) is 20.7. The number of carbonyl (C=O) groups excluding carboxylic acids is 1. The summed E-state index contributed by atoms with van der Waals surface area (Å²) < 4.78 is 40.4. The van der Waals surface area contributed by atoms with Crippen LogP contribution in [-0.2, 0) is 6.54 Å². The lowest BCUT2D eigenvalue weighted by Crippen LogP contribution is -2.59. The monoisotopic (exact) mass is 476 g/mol. The molecule has 2 N–H and O–H groups in total. The van der Waals surface area contributed by atoms with E-state index >= 15 is 0 Å². The van der Waals surface area contributed by atoms with Crippen LogP contribution in [0.2, 0.25) is 0 Å². The number of anilines is 1. The van der Waals surface area contributed by atoms with E-state index in [2.05, 4.69) is 39.4 Å². The van der Waals surface area contributed by atoms with Gasteiger partial charge < -0.3 is 10.2 Å². The summed E-state index contributed by atoms with van der Waals surface area (Å²) in [6.07, 6.45) is 2.18. The zero-order valence-corrected chi connectivity index (χ0v) is 19.1. The summed E-state index contributed by atoms with van der Waals surface area (Å²) in [7, 11) is 0. The van der Waals surface area contributed by atoms with Gasteiger partial charge in [0.1, 0.15) is 5.69 Å². The molecule has 9 nitrogen and oxygen atoms in total. The number of piperazine rings is 1. The van der Waals surface area contributed by atoms with E-state index in [-0.39, 0.29) is 25.7 Å². The molecule has 182 valence electrons. The third-order valence-electron chi connectivity index (χ3n) is 6.41. The lowest BCUT2D eigenvalue weighted by Gasteiger charge is -2.42. The van der Waals surface area contributed by atoms with Crippen molar-refractivity contribution in [3.05, 3.63) is 24.7 Å². The molecule has 12 heteroatoms. The van der Waals surface area contributed by atoms with Crippen molar-refractivity contribution in [2.75, 3.05) is 31.5 Å². The third-order valence-corrected chi connectivity index (χ3v) is 6.41. The SMILES string of the molecule is CC(C)Cn1ncc2cnc(-c3[nH]ncc3NC(=O)N3CCN(CC(F)(F)F)CC34CC4)cc21. The Morgan fingerprint density at radius 2 is 2.03 bits per heavy atom. The summed E-state index contributed by atoms with van der Waals surface area (Å²) in [6.45, 7) is 4.72. The van der Waals surface area contributed by atoms with Gasteiger partial charge in [-0.1, -0.05) is 13.8 Å². The molecule has 0 radical (unpaired) electrons. The normalized spacial score (nSPS) is 18.2. The maximum atomic E-state index is 13.1. The molecule has 0 bridgehead atoms. The zero-order chi connectivity index (χ0) is 24.1. The number of nitrogens with one attached hydrogen (secondary N) is 2. The minimum atomic E-state index is -4.25. The van der Waals surface area contributed by atoms with Crippen LogP contribution in [-0.4, -0.2) is 78.7 Å². The van der Waals surface area contributed by atoms with Crippen molar-refractivity contribution in [3.8, 4) is 11.4 Å². The molecule has 1 saturated carbocycles. The largest absolute Gasteiger partial charge is 0.401 e. The standard InChI is InChI=1S/C22H27F3N8O/c1-14(2)11-33-18-7-16(26-8-15(18)9-28-33)19-17(10-27-30-19)29-20(34)32-6-5-31(13-22(23,24)25)12-21(32)3-4-21/h7-10,14H,3-6,11-13H2,1-2H3,(H,27,30)(H,29,34). The molecule has 2 fully saturated rings. The average Bonchev–Trinajstić information content (AvgIpc) is 3.16. The van der Waals surface area contributed by atoms with E-state index in [0.717, 1.165) is 17.4 Å². The summed E-state index contributed by atoms with van der Waals surface area (Å²) in [5.41, 5.74) is 2.05. The topological polar surface area (TPSA) is 95.0 Å². The second-order valence-electron chi connectivity index (χ2n) is 9.64. The predicted octanol–water partition coefficient (Wildman–Crippen LogP) is 3.72. The highest BCUT2D eigenvalue weighted by atomic mass is 19.4. The number of hydrogen-bond acceptors (Lipinski definition) is 5. The van der Waals surface area contributed by atoms with E-state index in [1.165, 1.54) is 11.1 Å². The van der Waals surface area contributed by atoms with E-state index in [1.54, 1.807) is 17.3 Å². The Balaban J connectivity index is 1.33. The van der Waals surface area contributed by atoms with Gasteiger partial charge in [0.05, 0.1) is 41.4 Å². The first kappa shape index (κ1) is 22.6. The van der Waals surface area contributed by atoms with E-state index in [0.29, 0.717) is 35.8 Å². The molecule has 0 unspecified atom stereocenters. The Labute approximate surface area is 194 Å². The van der Waals surface area contributed by atoms with Crippen molar-refractivity contribution in [3.63, 3.8) is 0 Å². The van der Waals surface area contributed by atoms with Crippen LogP contribution >= 0.6 is 0 Å². The van der Waals surface area contributed by atoms with Gasteiger partial charge in [0.15, 0.2) is 0 Å². The van der Waals surface area contributed by atoms with Gasteiger partial charge in [-0.25, -0.2) is 4.79 Å². The number of H-pyrrole nitrogens is 1. The van der Waals surface area contributed by atoms with Crippen molar-refractivity contribution in [2.24, 2.45) is 5.92 Å². The van der Waals surface area contributed by atoms with Gasteiger partial charge in [-0.05, 0) is 24.8 Å². The smallest absolute Gasteiger partial charge is 0.316 e. The van der Waals surface area contributed by atoms with E-state index in [4.69, 9.17) is 0 Å². The highest BCUT2D eigenvalue weighted by molar-refractivity contribution is 5.94. The van der Waals surface area contributed by atoms with Gasteiger partial charge in [-0.2, -0.15) is 23.4 Å². The Bertz CT molecular complexity index is 1200. The van der Waals surface area contributed by atoms with Crippen LogP contribution < -0.4 is 5.32 Å². The molecule has 1 aliphatic heterocycles. The third kappa shape index (κ3) is 4.46. The maximum absolute atomic E-state index is 13.1. The summed E-state index contributed by atoms with van der Waals surface area (Å²) in [6, 6.07) is 1.57. The van der Waals surface area contributed by atoms with Crippen LogP contribution in [0, 0.1) is 5.92 Å². The predicted molar refractivity (Wildman–Crippen MR) is 120 cm³/mol. The minimum Gasteiger partial charge on any atom is -0.316 e. The fourth-order valence-electron chi connectivity index (χ4n) is 4.70. The molecule has 2 aliphatic rings. The van der Waals surface area contributed by atoms with Gasteiger partial charge in [0.2, 0.25) is 0 Å². The second kappa shape index (κ2) is 8.26. The van der Waals surface area contributed by atoms with Crippen molar-refractivity contribution in [1.29, 1.82) is 0 Å². The molecule has 3 aromatic heterocycles. The molecular formula is C22H27F3N8O. The zero-order valence-electron chi connectivity index (χ0n) is 19.1. The Kier molecular flexibility index (Phi) is 5.50. The van der Waals surface area contributed by atoms with Gasteiger partial charge in [-0.3, -0.25) is 19.7 Å². The Morgan fingerprint density at radius 3 is 2.74 bits per heavy atom. The van der Waals surface area contributed by atoms with Crippen molar-refractivity contribution >= 4 is 22.6 Å². The van der Waals surface area contributed by atoms with Crippen LogP contribution in [0.3, 0.4) is 0 Å². The van der Waals surface area contributed by atoms with Gasteiger partial charge >= 0.3 is 12.2 Å². The molecule has 1 saturated heterocycles. The number of rotatable bonds is 5. The van der Waals surface area contributed by atoms with Crippen LogP contribution in [0.15, 0.2) is 24.7 Å². The highest BCUT2D eigenvalue weighted by Crippen LogP contribution is 2.45. The number of carbonyl (C=O) groups is 1. The van der Waals surface area contributed by atoms with Crippen LogP contribution in [0.1, 0.15) is 26.7 Å². The number of pyridine rings is 1. The molecule has 1 aliphatic carbocycles. The van der Waals surface area contributed by atoms with Crippen molar-refractivity contribution in [1.82, 2.24) is 34.8 Å². The number of fused-ring (bicyclic) bond motifs is 1. The lowest BCUT2D eigenvalue weighted by molar-refractivity contribution is -0.151. The number of halogens is 3. The summed E-state index contributed by atoms with van der Waals surface area (Å²) in [5.74, 6) is 0.424.